The average Bonchev–Trinajstić information content (AvgIpc) is 3.58. The predicted octanol–water partition coefficient (Wildman–Crippen LogP) is 5.55. The largest absolute Gasteiger partial charge is 0.494 e. The van der Waals surface area contributed by atoms with Crippen LogP contribution in [0.25, 0.3) is 10.2 Å². The number of hydrogen-bond donors (Lipinski definition) is 1. The summed E-state index contributed by atoms with van der Waals surface area (Å²) < 4.78 is 40.4. The van der Waals surface area contributed by atoms with Gasteiger partial charge < -0.3 is 9.47 Å². The second-order valence-corrected chi connectivity index (χ2v) is 12.0. The molecule has 38 heavy (non-hydrogen) atoms. The minimum atomic E-state index is -3.75. The van der Waals surface area contributed by atoms with Crippen molar-refractivity contribution in [1.29, 1.82) is 0 Å². The number of fused-ring (bicyclic) bond motifs is 1. The standard InChI is InChI=1S/C28H29N3O5S2/c1-18-6-13-23(14-7-18)38(33,34)30-21-11-9-20(10-12-21)27(32)31(17-22-5-4-16-36-22)28-29-25-24(35-3)15-8-19(2)26(25)37-28/h6-15,22,30H,4-5,16-17H2,1-3H3. The van der Waals surface area contributed by atoms with Gasteiger partial charge in [0.2, 0.25) is 0 Å². The van der Waals surface area contributed by atoms with Crippen molar-refractivity contribution in [3.05, 3.63) is 77.4 Å². The summed E-state index contributed by atoms with van der Waals surface area (Å²) in [5, 5.41) is 0.567. The predicted molar refractivity (Wildman–Crippen MR) is 150 cm³/mol. The van der Waals surface area contributed by atoms with Crippen LogP contribution in [0.1, 0.15) is 34.3 Å². The van der Waals surface area contributed by atoms with Crippen LogP contribution in [0.15, 0.2) is 65.6 Å². The van der Waals surface area contributed by atoms with Crippen LogP contribution in [0.3, 0.4) is 0 Å². The zero-order chi connectivity index (χ0) is 26.9. The quantitative estimate of drug-likeness (QED) is 0.308. The highest BCUT2D eigenvalue weighted by molar-refractivity contribution is 7.92. The van der Waals surface area contributed by atoms with E-state index in [2.05, 4.69) is 4.72 Å². The van der Waals surface area contributed by atoms with E-state index in [4.69, 9.17) is 14.5 Å². The summed E-state index contributed by atoms with van der Waals surface area (Å²) in [6.07, 6.45) is 1.75. The molecule has 1 N–H and O–H groups in total. The number of ether oxygens (including phenoxy) is 2. The van der Waals surface area contributed by atoms with Crippen LogP contribution in [-0.4, -0.2) is 45.7 Å². The SMILES string of the molecule is COc1ccc(C)c2sc(N(CC3CCCO3)C(=O)c3ccc(NS(=O)(=O)c4ccc(C)cc4)cc3)nc12. The van der Waals surface area contributed by atoms with E-state index < -0.39 is 10.0 Å². The molecule has 1 unspecified atom stereocenters. The lowest BCUT2D eigenvalue weighted by atomic mass is 10.1. The van der Waals surface area contributed by atoms with Gasteiger partial charge in [-0.3, -0.25) is 14.4 Å². The van der Waals surface area contributed by atoms with Gasteiger partial charge in [0.25, 0.3) is 15.9 Å². The third-order valence-electron chi connectivity index (χ3n) is 6.51. The molecule has 1 amide bonds. The third-order valence-corrected chi connectivity index (χ3v) is 9.12. The first-order chi connectivity index (χ1) is 18.2. The maximum Gasteiger partial charge on any atom is 0.261 e. The number of thiazole rings is 1. The minimum absolute atomic E-state index is 0.0745. The molecule has 1 aromatic heterocycles. The first-order valence-corrected chi connectivity index (χ1v) is 14.6. The van der Waals surface area contributed by atoms with Gasteiger partial charge in [-0.1, -0.05) is 35.1 Å². The molecular formula is C28H29N3O5S2. The first kappa shape index (κ1) is 26.1. The van der Waals surface area contributed by atoms with Crippen molar-refractivity contribution in [2.45, 2.75) is 37.7 Å². The van der Waals surface area contributed by atoms with Crippen LogP contribution < -0.4 is 14.4 Å². The highest BCUT2D eigenvalue weighted by Gasteiger charge is 2.28. The Kier molecular flexibility index (Phi) is 7.38. The Hall–Kier alpha value is -3.47. The zero-order valence-electron chi connectivity index (χ0n) is 21.4. The molecule has 0 saturated carbocycles. The summed E-state index contributed by atoms with van der Waals surface area (Å²) in [5.41, 5.74) is 3.54. The fourth-order valence-corrected chi connectivity index (χ4v) is 6.50. The lowest BCUT2D eigenvalue weighted by molar-refractivity contribution is 0.0917. The Morgan fingerprint density at radius 1 is 1.11 bits per heavy atom. The van der Waals surface area contributed by atoms with E-state index in [9.17, 15) is 13.2 Å². The van der Waals surface area contributed by atoms with Crippen molar-refractivity contribution in [2.75, 3.05) is 29.9 Å². The van der Waals surface area contributed by atoms with E-state index in [1.54, 1.807) is 60.5 Å². The van der Waals surface area contributed by atoms with Crippen molar-refractivity contribution in [1.82, 2.24) is 4.98 Å². The smallest absolute Gasteiger partial charge is 0.261 e. The summed E-state index contributed by atoms with van der Waals surface area (Å²) in [6.45, 7) is 4.96. The number of aromatic nitrogens is 1. The Morgan fingerprint density at radius 3 is 2.50 bits per heavy atom. The molecule has 3 aromatic carbocycles. The number of nitrogens with zero attached hydrogens (tertiary/aromatic N) is 2. The number of carbonyl (C=O) groups is 1. The summed E-state index contributed by atoms with van der Waals surface area (Å²) in [5.74, 6) is 0.423. The number of rotatable bonds is 8. The van der Waals surface area contributed by atoms with Gasteiger partial charge in [0, 0.05) is 17.9 Å². The molecule has 0 spiro atoms. The number of anilines is 2. The van der Waals surface area contributed by atoms with Gasteiger partial charge in [-0.15, -0.1) is 0 Å². The number of methoxy groups -OCH3 is 1. The fourth-order valence-electron chi connectivity index (χ4n) is 4.39. The molecule has 1 atom stereocenters. The van der Waals surface area contributed by atoms with Gasteiger partial charge in [-0.2, -0.15) is 0 Å². The lowest BCUT2D eigenvalue weighted by Gasteiger charge is -2.23. The highest BCUT2D eigenvalue weighted by Crippen LogP contribution is 2.37. The molecule has 0 bridgehead atoms. The summed E-state index contributed by atoms with van der Waals surface area (Å²) in [6, 6.07) is 16.9. The van der Waals surface area contributed by atoms with E-state index in [0.717, 1.165) is 34.2 Å². The van der Waals surface area contributed by atoms with E-state index in [1.807, 2.05) is 26.0 Å². The number of hydrogen-bond acceptors (Lipinski definition) is 7. The van der Waals surface area contributed by atoms with Crippen molar-refractivity contribution >= 4 is 48.3 Å². The molecule has 8 nitrogen and oxygen atoms in total. The maximum atomic E-state index is 13.8. The summed E-state index contributed by atoms with van der Waals surface area (Å²) >= 11 is 1.44. The topological polar surface area (TPSA) is 97.8 Å². The Morgan fingerprint density at radius 2 is 1.84 bits per heavy atom. The van der Waals surface area contributed by atoms with Crippen LogP contribution in [0, 0.1) is 13.8 Å². The Labute approximate surface area is 226 Å². The van der Waals surface area contributed by atoms with E-state index >= 15 is 0 Å². The highest BCUT2D eigenvalue weighted by atomic mass is 32.2. The lowest BCUT2D eigenvalue weighted by Crippen LogP contribution is -2.37. The van der Waals surface area contributed by atoms with Gasteiger partial charge >= 0.3 is 0 Å². The van der Waals surface area contributed by atoms with Crippen molar-refractivity contribution in [3.63, 3.8) is 0 Å². The van der Waals surface area contributed by atoms with Crippen LogP contribution in [0.5, 0.6) is 5.75 Å². The number of amides is 1. The molecule has 198 valence electrons. The molecule has 0 radical (unpaired) electrons. The molecule has 10 heteroatoms. The first-order valence-electron chi connectivity index (χ1n) is 12.3. The Balaban J connectivity index is 1.43. The Bertz CT molecular complexity index is 1560. The average molecular weight is 552 g/mol. The maximum absolute atomic E-state index is 13.8. The number of sulfonamides is 1. The summed E-state index contributed by atoms with van der Waals surface area (Å²) in [7, 11) is -2.14. The molecule has 4 aromatic rings. The molecule has 2 heterocycles. The normalized spacial score (nSPS) is 15.5. The molecule has 1 aliphatic rings. The van der Waals surface area contributed by atoms with Crippen molar-refractivity contribution < 1.29 is 22.7 Å². The van der Waals surface area contributed by atoms with Crippen molar-refractivity contribution in [3.8, 4) is 5.75 Å². The van der Waals surface area contributed by atoms with E-state index in [1.165, 1.54) is 11.3 Å². The van der Waals surface area contributed by atoms with Gasteiger partial charge in [0.05, 0.1) is 29.4 Å². The molecule has 1 aliphatic heterocycles. The monoisotopic (exact) mass is 551 g/mol. The van der Waals surface area contributed by atoms with Crippen molar-refractivity contribution in [2.24, 2.45) is 0 Å². The number of aryl methyl sites for hydroxylation is 2. The van der Waals surface area contributed by atoms with Gasteiger partial charge in [0.15, 0.2) is 5.13 Å². The molecule has 1 fully saturated rings. The fraction of sp³-hybridized carbons (Fsp3) is 0.286. The van der Waals surface area contributed by atoms with E-state index in [0.29, 0.717) is 35.3 Å². The third kappa shape index (κ3) is 5.38. The van der Waals surface area contributed by atoms with Crippen LogP contribution in [0.2, 0.25) is 0 Å². The number of carbonyl (C=O) groups excluding carboxylic acids is 1. The number of benzene rings is 3. The van der Waals surface area contributed by atoms with Crippen LogP contribution in [0.4, 0.5) is 10.8 Å². The summed E-state index contributed by atoms with van der Waals surface area (Å²) in [4.78, 5) is 20.4. The molecule has 1 saturated heterocycles. The zero-order valence-corrected chi connectivity index (χ0v) is 23.1. The van der Waals surface area contributed by atoms with Crippen LogP contribution in [-0.2, 0) is 14.8 Å². The second kappa shape index (κ2) is 10.7. The molecule has 0 aliphatic carbocycles. The van der Waals surface area contributed by atoms with Crippen LogP contribution >= 0.6 is 11.3 Å². The minimum Gasteiger partial charge on any atom is -0.494 e. The number of nitrogens with one attached hydrogen (secondary N) is 1. The molecular weight excluding hydrogens is 522 g/mol. The van der Waals surface area contributed by atoms with Gasteiger partial charge in [-0.05, 0) is 74.7 Å². The van der Waals surface area contributed by atoms with E-state index in [-0.39, 0.29) is 16.9 Å². The van der Waals surface area contributed by atoms with Gasteiger partial charge in [0.1, 0.15) is 11.3 Å². The molecule has 5 rings (SSSR count). The van der Waals surface area contributed by atoms with Gasteiger partial charge in [-0.25, -0.2) is 13.4 Å². The second-order valence-electron chi connectivity index (χ2n) is 9.31.